The van der Waals surface area contributed by atoms with Crippen molar-refractivity contribution in [3.8, 4) is 17.4 Å². The van der Waals surface area contributed by atoms with Crippen LogP contribution in [0.2, 0.25) is 0 Å². The lowest BCUT2D eigenvalue weighted by atomic mass is 10.1. The molecule has 1 atom stereocenters. The van der Waals surface area contributed by atoms with Gasteiger partial charge in [-0.2, -0.15) is 0 Å². The van der Waals surface area contributed by atoms with E-state index in [1.807, 2.05) is 43.3 Å². The summed E-state index contributed by atoms with van der Waals surface area (Å²) < 4.78 is 11.6. The van der Waals surface area contributed by atoms with Crippen molar-refractivity contribution in [1.29, 1.82) is 0 Å². The number of aliphatic imine (C=N–C) groups is 1. The predicted molar refractivity (Wildman–Crippen MR) is 119 cm³/mol. The van der Waals surface area contributed by atoms with Gasteiger partial charge < -0.3 is 14.6 Å². The van der Waals surface area contributed by atoms with Crippen LogP contribution < -0.4 is 20.7 Å². The zero-order chi connectivity index (χ0) is 22.4. The monoisotopic (exact) mass is 423 g/mol. The predicted octanol–water partition coefficient (Wildman–Crippen LogP) is 2.68. The lowest BCUT2D eigenvalue weighted by molar-refractivity contribution is 0.354. The quantitative estimate of drug-likeness (QED) is 0.542. The highest BCUT2D eigenvalue weighted by atomic mass is 16.5. The van der Waals surface area contributed by atoms with Crippen LogP contribution >= 0.6 is 0 Å². The lowest BCUT2D eigenvalue weighted by Crippen LogP contribution is -2.32. The zero-order valence-corrected chi connectivity index (χ0v) is 17.7. The summed E-state index contributed by atoms with van der Waals surface area (Å²) in [6.45, 7) is 2.04. The fourth-order valence-electron chi connectivity index (χ4n) is 3.18. The second kappa shape index (κ2) is 9.80. The highest BCUT2D eigenvalue weighted by molar-refractivity contribution is 5.82. The van der Waals surface area contributed by atoms with Gasteiger partial charge in [0.25, 0.3) is 5.56 Å². The Morgan fingerprint density at radius 1 is 1.10 bits per heavy atom. The number of rotatable bonds is 8. The molecule has 0 aliphatic heterocycles. The topological polar surface area (TPSA) is 106 Å². The zero-order valence-electron chi connectivity index (χ0n) is 17.7. The van der Waals surface area contributed by atoms with Gasteiger partial charge in [0.05, 0.1) is 20.3 Å². The van der Waals surface area contributed by atoms with Gasteiger partial charge in [-0.15, -0.1) is 0 Å². The number of H-pyrrole nitrogens is 1. The molecule has 0 fully saturated rings. The number of methoxy groups -OCH3 is 2. The average Bonchev–Trinajstić information content (AvgIpc) is 2.78. The van der Waals surface area contributed by atoms with E-state index in [-0.39, 0.29) is 18.2 Å². The SMILES string of the molecule is COc1ccc(CCn2c(O)c(C=N[C@H](C)c3ccccc3)c(=O)[nH]c2=O)cc1OC. The summed E-state index contributed by atoms with van der Waals surface area (Å²) in [5.74, 6) is 0.750. The number of ether oxygens (including phenoxy) is 2. The Morgan fingerprint density at radius 3 is 2.48 bits per heavy atom. The van der Waals surface area contributed by atoms with Gasteiger partial charge in [0.2, 0.25) is 5.88 Å². The van der Waals surface area contributed by atoms with Gasteiger partial charge in [-0.05, 0) is 36.6 Å². The molecule has 0 unspecified atom stereocenters. The van der Waals surface area contributed by atoms with Crippen LogP contribution in [0, 0.1) is 0 Å². The van der Waals surface area contributed by atoms with Crippen LogP contribution in [0.3, 0.4) is 0 Å². The number of aromatic nitrogens is 2. The van der Waals surface area contributed by atoms with Crippen LogP contribution in [0.1, 0.15) is 29.7 Å². The third-order valence-corrected chi connectivity index (χ3v) is 4.99. The number of nitrogens with zero attached hydrogens (tertiary/aromatic N) is 2. The molecule has 0 bridgehead atoms. The van der Waals surface area contributed by atoms with Crippen LogP contribution in [0.25, 0.3) is 0 Å². The largest absolute Gasteiger partial charge is 0.494 e. The van der Waals surface area contributed by atoms with Crippen molar-refractivity contribution < 1.29 is 14.6 Å². The standard InChI is InChI=1S/C23H25N3O5/c1-15(17-7-5-4-6-8-17)24-14-18-21(27)25-23(29)26(22(18)28)12-11-16-9-10-19(30-2)20(13-16)31-3/h4-10,13-15,28H,11-12H2,1-3H3,(H,25,27,29)/t15-/m1/s1. The van der Waals surface area contributed by atoms with E-state index in [1.54, 1.807) is 26.4 Å². The average molecular weight is 423 g/mol. The van der Waals surface area contributed by atoms with Crippen LogP contribution in [-0.4, -0.2) is 35.1 Å². The molecule has 1 heterocycles. The minimum atomic E-state index is -0.686. The molecule has 8 nitrogen and oxygen atoms in total. The minimum absolute atomic E-state index is 0.0605. The number of benzene rings is 2. The fourth-order valence-corrected chi connectivity index (χ4v) is 3.18. The molecule has 2 N–H and O–H groups in total. The van der Waals surface area contributed by atoms with Crippen LogP contribution in [0.4, 0.5) is 0 Å². The first-order valence-corrected chi connectivity index (χ1v) is 9.79. The summed E-state index contributed by atoms with van der Waals surface area (Å²) in [5.41, 5.74) is 0.416. The van der Waals surface area contributed by atoms with Crippen molar-refractivity contribution in [3.05, 3.63) is 86.1 Å². The van der Waals surface area contributed by atoms with Gasteiger partial charge in [0.15, 0.2) is 11.5 Å². The Morgan fingerprint density at radius 2 is 1.81 bits per heavy atom. The van der Waals surface area contributed by atoms with Crippen LogP contribution in [-0.2, 0) is 13.0 Å². The number of aromatic hydroxyl groups is 1. The summed E-state index contributed by atoms with van der Waals surface area (Å²) in [6.07, 6.45) is 1.73. The minimum Gasteiger partial charge on any atom is -0.494 e. The van der Waals surface area contributed by atoms with Gasteiger partial charge in [-0.1, -0.05) is 36.4 Å². The molecule has 8 heteroatoms. The van der Waals surface area contributed by atoms with E-state index < -0.39 is 17.1 Å². The van der Waals surface area contributed by atoms with Crippen molar-refractivity contribution in [3.63, 3.8) is 0 Å². The molecule has 0 saturated heterocycles. The molecule has 0 spiro atoms. The summed E-state index contributed by atoms with van der Waals surface area (Å²) >= 11 is 0. The highest BCUT2D eigenvalue weighted by Crippen LogP contribution is 2.28. The summed E-state index contributed by atoms with van der Waals surface area (Å²) in [4.78, 5) is 31.1. The lowest BCUT2D eigenvalue weighted by Gasteiger charge is -2.12. The van der Waals surface area contributed by atoms with Crippen molar-refractivity contribution in [2.45, 2.75) is 25.9 Å². The van der Waals surface area contributed by atoms with Crippen molar-refractivity contribution in [2.75, 3.05) is 14.2 Å². The summed E-state index contributed by atoms with van der Waals surface area (Å²) in [7, 11) is 3.10. The van der Waals surface area contributed by atoms with Gasteiger partial charge in [0, 0.05) is 12.8 Å². The first-order chi connectivity index (χ1) is 14.9. The second-order valence-electron chi connectivity index (χ2n) is 6.95. The number of hydrogen-bond donors (Lipinski definition) is 2. The first kappa shape index (κ1) is 21.9. The third kappa shape index (κ3) is 5.03. The summed E-state index contributed by atoms with van der Waals surface area (Å²) in [6, 6.07) is 14.8. The number of nitrogens with one attached hydrogen (secondary N) is 1. The van der Waals surface area contributed by atoms with E-state index in [0.717, 1.165) is 15.7 Å². The Bertz CT molecular complexity index is 1180. The maximum absolute atomic E-state index is 12.3. The van der Waals surface area contributed by atoms with Crippen molar-refractivity contribution in [1.82, 2.24) is 9.55 Å². The molecule has 3 rings (SSSR count). The van der Waals surface area contributed by atoms with Gasteiger partial charge in [-0.3, -0.25) is 19.3 Å². The molecule has 1 aromatic heterocycles. The van der Waals surface area contributed by atoms with E-state index in [0.29, 0.717) is 17.9 Å². The number of aromatic amines is 1. The number of aryl methyl sites for hydroxylation is 1. The maximum atomic E-state index is 12.3. The van der Waals surface area contributed by atoms with Gasteiger partial charge >= 0.3 is 5.69 Å². The Hall–Kier alpha value is -3.81. The highest BCUT2D eigenvalue weighted by Gasteiger charge is 2.14. The molecular formula is C23H25N3O5. The van der Waals surface area contributed by atoms with E-state index >= 15 is 0 Å². The van der Waals surface area contributed by atoms with Gasteiger partial charge in [-0.25, -0.2) is 4.79 Å². The third-order valence-electron chi connectivity index (χ3n) is 4.99. The molecule has 3 aromatic rings. The van der Waals surface area contributed by atoms with E-state index in [1.165, 1.54) is 6.21 Å². The van der Waals surface area contributed by atoms with Crippen molar-refractivity contribution in [2.24, 2.45) is 4.99 Å². The first-order valence-electron chi connectivity index (χ1n) is 9.79. The fraction of sp³-hybridized carbons (Fsp3) is 0.261. The molecule has 0 aliphatic carbocycles. The second-order valence-corrected chi connectivity index (χ2v) is 6.95. The normalized spacial score (nSPS) is 12.1. The van der Waals surface area contributed by atoms with E-state index in [9.17, 15) is 14.7 Å². The Kier molecular flexibility index (Phi) is 6.92. The molecular weight excluding hydrogens is 398 g/mol. The summed E-state index contributed by atoms with van der Waals surface area (Å²) in [5, 5.41) is 10.6. The smallest absolute Gasteiger partial charge is 0.331 e. The van der Waals surface area contributed by atoms with Gasteiger partial charge in [0.1, 0.15) is 5.56 Å². The molecule has 0 radical (unpaired) electrons. The molecule has 0 amide bonds. The molecule has 0 saturated carbocycles. The number of hydrogen-bond acceptors (Lipinski definition) is 6. The molecule has 2 aromatic carbocycles. The van der Waals surface area contributed by atoms with Crippen LogP contribution in [0.5, 0.6) is 17.4 Å². The Labute approximate surface area is 179 Å². The van der Waals surface area contributed by atoms with E-state index in [4.69, 9.17) is 9.47 Å². The van der Waals surface area contributed by atoms with Crippen LogP contribution in [0.15, 0.2) is 63.1 Å². The molecule has 162 valence electrons. The molecule has 0 aliphatic rings. The Balaban J connectivity index is 1.85. The maximum Gasteiger partial charge on any atom is 0.331 e. The van der Waals surface area contributed by atoms with Crippen molar-refractivity contribution >= 4 is 6.21 Å². The van der Waals surface area contributed by atoms with E-state index in [2.05, 4.69) is 9.98 Å². The molecule has 31 heavy (non-hydrogen) atoms.